The van der Waals surface area contributed by atoms with Crippen LogP contribution in [0.25, 0.3) is 17.0 Å². The number of pyridine rings is 1. The van der Waals surface area contributed by atoms with Crippen LogP contribution in [0.15, 0.2) is 71.5 Å². The third-order valence-corrected chi connectivity index (χ3v) is 3.25. The van der Waals surface area contributed by atoms with E-state index in [-0.39, 0.29) is 11.3 Å². The van der Waals surface area contributed by atoms with Crippen molar-refractivity contribution in [1.29, 1.82) is 0 Å². The third-order valence-electron chi connectivity index (χ3n) is 3.25. The molecule has 21 heavy (non-hydrogen) atoms. The van der Waals surface area contributed by atoms with Gasteiger partial charge in [-0.15, -0.1) is 0 Å². The number of fused-ring (bicyclic) bond motifs is 1. The number of hydrogen-bond acceptors (Lipinski definition) is 2. The van der Waals surface area contributed by atoms with Gasteiger partial charge >= 0.3 is 0 Å². The van der Waals surface area contributed by atoms with Crippen molar-refractivity contribution in [3.05, 3.63) is 88.2 Å². The molecule has 0 radical (unpaired) electrons. The van der Waals surface area contributed by atoms with Gasteiger partial charge in [0.05, 0.1) is 0 Å². The van der Waals surface area contributed by atoms with Crippen molar-refractivity contribution in [3.63, 3.8) is 0 Å². The Bertz CT molecular complexity index is 876. The molecule has 0 aliphatic heterocycles. The number of aromatic nitrogens is 1. The van der Waals surface area contributed by atoms with Crippen molar-refractivity contribution in [2.75, 3.05) is 0 Å². The van der Waals surface area contributed by atoms with Crippen molar-refractivity contribution < 1.29 is 4.79 Å². The van der Waals surface area contributed by atoms with E-state index < -0.39 is 0 Å². The Kier molecular flexibility index (Phi) is 3.48. The summed E-state index contributed by atoms with van der Waals surface area (Å²) in [7, 11) is 0. The van der Waals surface area contributed by atoms with Gasteiger partial charge in [-0.3, -0.25) is 9.59 Å². The first kappa shape index (κ1) is 13.1. The van der Waals surface area contributed by atoms with Gasteiger partial charge in [0.1, 0.15) is 0 Å². The molecule has 3 rings (SSSR count). The highest BCUT2D eigenvalue weighted by Crippen LogP contribution is 2.11. The number of benzene rings is 2. The lowest BCUT2D eigenvalue weighted by molar-refractivity contribution is 0.104. The Morgan fingerprint density at radius 1 is 0.952 bits per heavy atom. The highest BCUT2D eigenvalue weighted by Gasteiger charge is 2.02. The van der Waals surface area contributed by atoms with Gasteiger partial charge in [-0.2, -0.15) is 0 Å². The number of H-pyrrole nitrogens is 1. The van der Waals surface area contributed by atoms with Crippen LogP contribution in [0.3, 0.4) is 0 Å². The second kappa shape index (κ2) is 5.59. The van der Waals surface area contributed by atoms with Gasteiger partial charge in [-0.1, -0.05) is 48.5 Å². The van der Waals surface area contributed by atoms with Gasteiger partial charge in [0.15, 0.2) is 5.78 Å². The van der Waals surface area contributed by atoms with Crippen LogP contribution in [0.2, 0.25) is 0 Å². The SMILES string of the molecule is O=C(/C=C/c1cc2ccccc2[nH]c1=O)c1ccccc1. The van der Waals surface area contributed by atoms with Gasteiger partial charge in [-0.05, 0) is 29.7 Å². The average Bonchev–Trinajstić information content (AvgIpc) is 2.53. The summed E-state index contributed by atoms with van der Waals surface area (Å²) in [5.74, 6) is -0.122. The quantitative estimate of drug-likeness (QED) is 0.588. The van der Waals surface area contributed by atoms with E-state index in [2.05, 4.69) is 4.98 Å². The molecule has 3 nitrogen and oxygen atoms in total. The topological polar surface area (TPSA) is 49.9 Å². The van der Waals surface area contributed by atoms with Crippen LogP contribution in [-0.2, 0) is 0 Å². The van der Waals surface area contributed by atoms with E-state index >= 15 is 0 Å². The molecule has 0 bridgehead atoms. The van der Waals surface area contributed by atoms with Crippen LogP contribution in [0.4, 0.5) is 0 Å². The molecular weight excluding hydrogens is 262 g/mol. The molecule has 0 atom stereocenters. The van der Waals surface area contributed by atoms with E-state index in [1.165, 1.54) is 6.08 Å². The van der Waals surface area contributed by atoms with Crippen molar-refractivity contribution in [2.24, 2.45) is 0 Å². The molecule has 0 aliphatic rings. The summed E-state index contributed by atoms with van der Waals surface area (Å²) in [6.45, 7) is 0. The van der Waals surface area contributed by atoms with Crippen LogP contribution in [0.5, 0.6) is 0 Å². The largest absolute Gasteiger partial charge is 0.321 e. The summed E-state index contributed by atoms with van der Waals surface area (Å²) in [6.07, 6.45) is 2.98. The second-order valence-corrected chi connectivity index (χ2v) is 4.70. The molecule has 102 valence electrons. The number of aromatic amines is 1. The van der Waals surface area contributed by atoms with E-state index in [1.54, 1.807) is 24.3 Å². The number of para-hydroxylation sites is 1. The molecule has 0 saturated carbocycles. The maximum absolute atomic E-state index is 12.0. The molecule has 2 aromatic carbocycles. The molecule has 0 unspecified atom stereocenters. The van der Waals surface area contributed by atoms with E-state index in [1.807, 2.05) is 42.5 Å². The maximum atomic E-state index is 12.0. The minimum Gasteiger partial charge on any atom is -0.321 e. The summed E-state index contributed by atoms with van der Waals surface area (Å²) < 4.78 is 0. The molecule has 3 aromatic rings. The van der Waals surface area contributed by atoms with Crippen molar-refractivity contribution in [1.82, 2.24) is 4.98 Å². The molecule has 1 aromatic heterocycles. The lowest BCUT2D eigenvalue weighted by Crippen LogP contribution is -2.09. The molecule has 0 aliphatic carbocycles. The van der Waals surface area contributed by atoms with Crippen LogP contribution in [0, 0.1) is 0 Å². The molecule has 1 heterocycles. The lowest BCUT2D eigenvalue weighted by Gasteiger charge is -1.99. The average molecular weight is 275 g/mol. The van der Waals surface area contributed by atoms with Crippen LogP contribution < -0.4 is 5.56 Å². The summed E-state index contributed by atoms with van der Waals surface area (Å²) in [6, 6.07) is 18.3. The highest BCUT2D eigenvalue weighted by molar-refractivity contribution is 6.06. The Labute approximate surface area is 121 Å². The van der Waals surface area contributed by atoms with Crippen molar-refractivity contribution >= 4 is 22.8 Å². The number of ketones is 1. The molecular formula is C18H13NO2. The molecule has 0 amide bonds. The van der Waals surface area contributed by atoms with Crippen LogP contribution in [0.1, 0.15) is 15.9 Å². The van der Waals surface area contributed by atoms with E-state index in [9.17, 15) is 9.59 Å². The number of allylic oxidation sites excluding steroid dienone is 1. The number of carbonyl (C=O) groups is 1. The fourth-order valence-electron chi connectivity index (χ4n) is 2.15. The Balaban J connectivity index is 1.94. The standard InChI is InChI=1S/C18H13NO2/c20-17(13-6-2-1-3-7-13)11-10-15-12-14-8-4-5-9-16(14)19-18(15)21/h1-12H,(H,19,21)/b11-10+. The van der Waals surface area contributed by atoms with Crippen molar-refractivity contribution in [3.8, 4) is 0 Å². The van der Waals surface area contributed by atoms with E-state index in [0.717, 1.165) is 10.9 Å². The predicted molar refractivity (Wildman–Crippen MR) is 84.4 cm³/mol. The minimum atomic E-state index is -0.203. The zero-order chi connectivity index (χ0) is 14.7. The summed E-state index contributed by atoms with van der Waals surface area (Å²) in [4.78, 5) is 26.8. The highest BCUT2D eigenvalue weighted by atomic mass is 16.1. The zero-order valence-electron chi connectivity index (χ0n) is 11.2. The first-order valence-corrected chi connectivity index (χ1v) is 6.63. The van der Waals surface area contributed by atoms with Gasteiger partial charge < -0.3 is 4.98 Å². The maximum Gasteiger partial charge on any atom is 0.255 e. The number of rotatable bonds is 3. The van der Waals surface area contributed by atoms with Gasteiger partial charge in [0, 0.05) is 16.6 Å². The van der Waals surface area contributed by atoms with Gasteiger partial charge in [0.2, 0.25) is 0 Å². The van der Waals surface area contributed by atoms with E-state index in [0.29, 0.717) is 11.1 Å². The fourth-order valence-corrected chi connectivity index (χ4v) is 2.15. The second-order valence-electron chi connectivity index (χ2n) is 4.70. The molecule has 1 N–H and O–H groups in total. The monoisotopic (exact) mass is 275 g/mol. The zero-order valence-corrected chi connectivity index (χ0v) is 11.2. The fraction of sp³-hybridized carbons (Fsp3) is 0. The Morgan fingerprint density at radius 2 is 1.67 bits per heavy atom. The van der Waals surface area contributed by atoms with Gasteiger partial charge in [-0.25, -0.2) is 0 Å². The Hall–Kier alpha value is -2.94. The first-order valence-electron chi connectivity index (χ1n) is 6.63. The number of hydrogen-bond donors (Lipinski definition) is 1. The molecule has 0 fully saturated rings. The predicted octanol–water partition coefficient (Wildman–Crippen LogP) is 3.42. The minimum absolute atomic E-state index is 0.122. The first-order chi connectivity index (χ1) is 10.2. The van der Waals surface area contributed by atoms with Crippen LogP contribution in [-0.4, -0.2) is 10.8 Å². The molecule has 3 heteroatoms. The smallest absolute Gasteiger partial charge is 0.255 e. The normalized spacial score (nSPS) is 11.0. The molecule has 0 spiro atoms. The Morgan fingerprint density at radius 3 is 2.48 bits per heavy atom. The third kappa shape index (κ3) is 2.82. The molecule has 0 saturated heterocycles. The van der Waals surface area contributed by atoms with Crippen molar-refractivity contribution in [2.45, 2.75) is 0 Å². The number of carbonyl (C=O) groups excluding carboxylic acids is 1. The summed E-state index contributed by atoms with van der Waals surface area (Å²) in [5, 5.41) is 0.934. The number of nitrogens with one attached hydrogen (secondary N) is 1. The summed E-state index contributed by atoms with van der Waals surface area (Å²) in [5.41, 5.74) is 1.66. The summed E-state index contributed by atoms with van der Waals surface area (Å²) >= 11 is 0. The van der Waals surface area contributed by atoms with Gasteiger partial charge in [0.25, 0.3) is 5.56 Å². The van der Waals surface area contributed by atoms with E-state index in [4.69, 9.17) is 0 Å². The van der Waals surface area contributed by atoms with Crippen LogP contribution >= 0.6 is 0 Å². The lowest BCUT2D eigenvalue weighted by atomic mass is 10.1.